The number of likely N-dealkylation sites (N-methyl/N-ethyl adjacent to an activating group) is 1. The highest BCUT2D eigenvalue weighted by Crippen LogP contribution is 2.32. The van der Waals surface area contributed by atoms with Crippen molar-refractivity contribution in [1.29, 1.82) is 0 Å². The minimum atomic E-state index is -4.72. The van der Waals surface area contributed by atoms with E-state index in [2.05, 4.69) is 11.3 Å². The van der Waals surface area contributed by atoms with Crippen LogP contribution in [0.3, 0.4) is 0 Å². The van der Waals surface area contributed by atoms with Crippen molar-refractivity contribution in [2.45, 2.75) is 82.4 Å². The summed E-state index contributed by atoms with van der Waals surface area (Å²) in [5.74, 6) is -1.76. The zero-order chi connectivity index (χ0) is 19.6. The van der Waals surface area contributed by atoms with Crippen LogP contribution in [0.1, 0.15) is 77.6 Å². The molecule has 8 heteroatoms. The molecule has 0 aliphatic rings. The fourth-order valence-electron chi connectivity index (χ4n) is 3.19. The van der Waals surface area contributed by atoms with Gasteiger partial charge in [0.1, 0.15) is 5.97 Å². The van der Waals surface area contributed by atoms with Gasteiger partial charge in [-0.25, -0.2) is 5.26 Å². The van der Waals surface area contributed by atoms with Gasteiger partial charge in [-0.15, -0.1) is 4.33 Å². The van der Waals surface area contributed by atoms with Gasteiger partial charge in [0.05, 0.1) is 21.1 Å². The van der Waals surface area contributed by atoms with Gasteiger partial charge in [0.2, 0.25) is 0 Å². The Hall–Kier alpha value is -0.700. The first-order chi connectivity index (χ1) is 11.6. The monoisotopic (exact) mass is 381 g/mol. The van der Waals surface area contributed by atoms with Crippen LogP contribution in [0.5, 0.6) is 0 Å². The third kappa shape index (κ3) is 6.84. The number of hydrogen-bond donors (Lipinski definition) is 1. The normalized spacial score (nSPS) is 15.1. The molecule has 1 atom stereocenters. The maximum Gasteiger partial charge on any atom is 0.356 e. The van der Waals surface area contributed by atoms with Crippen LogP contribution in [0.2, 0.25) is 0 Å². The number of carbonyl (C=O) groups is 1. The van der Waals surface area contributed by atoms with E-state index in [0.717, 1.165) is 25.7 Å². The highest BCUT2D eigenvalue weighted by Gasteiger charge is 2.57. The number of rotatable bonds is 15. The number of carbonyl (C=O) groups excluding carboxylic acids is 1. The number of carboxylic acids is 1. The van der Waals surface area contributed by atoms with E-state index >= 15 is 0 Å². The van der Waals surface area contributed by atoms with Gasteiger partial charge in [0, 0.05) is 6.42 Å². The smallest absolute Gasteiger partial charge is 0.356 e. The predicted molar refractivity (Wildman–Crippen MR) is 94.9 cm³/mol. The Bertz CT molecular complexity index is 486. The molecule has 7 nitrogen and oxygen atoms in total. The molecule has 0 saturated carbocycles. The van der Waals surface area contributed by atoms with Crippen molar-refractivity contribution in [2.24, 2.45) is 0 Å². The van der Waals surface area contributed by atoms with E-state index < -0.39 is 25.4 Å². The first-order valence-corrected chi connectivity index (χ1v) is 10.6. The third-order valence-corrected chi connectivity index (χ3v) is 6.73. The highest BCUT2D eigenvalue weighted by atomic mass is 32.2. The second-order valence-electron chi connectivity index (χ2n) is 7.54. The molecule has 0 aliphatic carbocycles. The summed E-state index contributed by atoms with van der Waals surface area (Å²) >= 11 is 0. The van der Waals surface area contributed by atoms with Crippen molar-refractivity contribution >= 4 is 16.1 Å². The minimum absolute atomic E-state index is 0.168. The number of unbranched alkanes of at least 4 members (excludes halogenated alkanes) is 9. The molecule has 0 aliphatic heterocycles. The molecule has 0 spiro atoms. The summed E-state index contributed by atoms with van der Waals surface area (Å²) in [7, 11) is -0.424. The molecule has 0 aromatic heterocycles. The van der Waals surface area contributed by atoms with Crippen LogP contribution in [0.25, 0.3) is 0 Å². The molecule has 0 amide bonds. The Morgan fingerprint density at radius 1 is 0.960 bits per heavy atom. The lowest BCUT2D eigenvalue weighted by molar-refractivity contribution is -0.901. The predicted octanol–water partition coefficient (Wildman–Crippen LogP) is 2.27. The summed E-state index contributed by atoms with van der Waals surface area (Å²) in [6.45, 7) is 2.19. The van der Waals surface area contributed by atoms with Gasteiger partial charge < -0.3 is 14.4 Å². The quantitative estimate of drug-likeness (QED) is 0.202. The van der Waals surface area contributed by atoms with E-state index in [9.17, 15) is 18.3 Å². The van der Waals surface area contributed by atoms with E-state index in [0.29, 0.717) is 6.42 Å². The Balaban J connectivity index is 4.51. The van der Waals surface area contributed by atoms with E-state index in [1.807, 2.05) is 0 Å². The van der Waals surface area contributed by atoms with Gasteiger partial charge in [0.15, 0.2) is 0 Å². The Kier molecular flexibility index (Phi) is 10.8. The summed E-state index contributed by atoms with van der Waals surface area (Å²) in [5, 5.41) is 20.4. The number of carboxylic acid groups (broad SMARTS) is 1. The Labute approximate surface area is 152 Å². The lowest BCUT2D eigenvalue weighted by atomic mass is 10.0. The topological polar surface area (TPSA) is 104 Å². The summed E-state index contributed by atoms with van der Waals surface area (Å²) < 4.78 is 27.3. The van der Waals surface area contributed by atoms with Crippen molar-refractivity contribution in [2.75, 3.05) is 21.1 Å². The van der Waals surface area contributed by atoms with Gasteiger partial charge in [-0.1, -0.05) is 64.7 Å². The summed E-state index contributed by atoms with van der Waals surface area (Å²) in [5.41, 5.74) is 0. The molecule has 0 heterocycles. The van der Waals surface area contributed by atoms with Crippen molar-refractivity contribution in [1.82, 2.24) is 0 Å². The Morgan fingerprint density at radius 2 is 1.36 bits per heavy atom. The number of nitrogens with zero attached hydrogens (tertiary/aromatic N) is 1. The van der Waals surface area contributed by atoms with Crippen LogP contribution in [-0.4, -0.2) is 50.1 Å². The number of hydrogen-bond acceptors (Lipinski definition) is 6. The van der Waals surface area contributed by atoms with Crippen LogP contribution in [0.15, 0.2) is 0 Å². The molecule has 150 valence electrons. The number of quaternary nitrogens is 1. The molecule has 1 unspecified atom stereocenters. The SMILES string of the molecule is CCCCCCCCCCCCC(C(=O)[O-])([N+](C)(C)C)S(=O)(=O)OO. The lowest BCUT2D eigenvalue weighted by Gasteiger charge is -2.44. The summed E-state index contributed by atoms with van der Waals surface area (Å²) in [6.07, 6.45) is 10.3. The van der Waals surface area contributed by atoms with Gasteiger partial charge in [-0.2, -0.15) is 8.42 Å². The fraction of sp³-hybridized carbons (Fsp3) is 0.941. The standard InChI is InChI=1S/C17H35NO6S/c1-5-6-7-8-9-10-11-12-13-14-15-17(16(19)20,18(2,3)4)25(22,23)24-21/h5-15H2,1-4H3,(H-,19,20,21). The third-order valence-electron chi connectivity index (χ3n) is 4.78. The van der Waals surface area contributed by atoms with E-state index in [4.69, 9.17) is 5.26 Å². The van der Waals surface area contributed by atoms with Crippen LogP contribution in [0.4, 0.5) is 0 Å². The fourth-order valence-corrected chi connectivity index (χ4v) is 4.58. The Morgan fingerprint density at radius 3 is 1.68 bits per heavy atom. The first kappa shape index (κ1) is 24.3. The molecule has 1 N–H and O–H groups in total. The van der Waals surface area contributed by atoms with Crippen molar-refractivity contribution < 1.29 is 32.4 Å². The molecular formula is C17H35NO6S. The largest absolute Gasteiger partial charge is 0.543 e. The van der Waals surface area contributed by atoms with Crippen molar-refractivity contribution in [3.8, 4) is 0 Å². The lowest BCUT2D eigenvalue weighted by Crippen LogP contribution is -2.70. The van der Waals surface area contributed by atoms with Crippen LogP contribution in [-0.2, 0) is 19.2 Å². The average Bonchev–Trinajstić information content (AvgIpc) is 2.50. The molecular weight excluding hydrogens is 346 g/mol. The van der Waals surface area contributed by atoms with Crippen LogP contribution < -0.4 is 5.11 Å². The summed E-state index contributed by atoms with van der Waals surface area (Å²) in [4.78, 5) is 9.34. The van der Waals surface area contributed by atoms with Crippen LogP contribution >= 0.6 is 0 Å². The second-order valence-corrected chi connectivity index (χ2v) is 9.28. The molecule has 0 bridgehead atoms. The second kappa shape index (κ2) is 11.1. The molecule has 0 aromatic rings. The van der Waals surface area contributed by atoms with Crippen LogP contribution in [0, 0.1) is 0 Å². The maximum atomic E-state index is 12.1. The van der Waals surface area contributed by atoms with Gasteiger partial charge in [-0.3, -0.25) is 0 Å². The van der Waals surface area contributed by atoms with E-state index in [-0.39, 0.29) is 6.42 Å². The molecule has 0 rings (SSSR count). The van der Waals surface area contributed by atoms with Crippen molar-refractivity contribution in [3.05, 3.63) is 0 Å². The van der Waals surface area contributed by atoms with Gasteiger partial charge >= 0.3 is 10.1 Å². The van der Waals surface area contributed by atoms with E-state index in [1.165, 1.54) is 53.2 Å². The minimum Gasteiger partial charge on any atom is -0.543 e. The molecule has 0 saturated heterocycles. The maximum absolute atomic E-state index is 12.1. The average molecular weight is 382 g/mol. The first-order valence-electron chi connectivity index (χ1n) is 9.17. The zero-order valence-electron chi connectivity index (χ0n) is 16.1. The highest BCUT2D eigenvalue weighted by molar-refractivity contribution is 7.88. The molecule has 25 heavy (non-hydrogen) atoms. The molecule has 0 fully saturated rings. The van der Waals surface area contributed by atoms with Gasteiger partial charge in [0.25, 0.3) is 4.87 Å². The van der Waals surface area contributed by atoms with E-state index in [1.54, 1.807) is 0 Å². The zero-order valence-corrected chi connectivity index (χ0v) is 16.9. The molecule has 0 aromatic carbocycles. The van der Waals surface area contributed by atoms with Gasteiger partial charge in [-0.05, 0) is 6.42 Å². The number of aliphatic carboxylic acids is 1. The molecule has 0 radical (unpaired) electrons. The summed E-state index contributed by atoms with van der Waals surface area (Å²) in [6, 6.07) is 0. The van der Waals surface area contributed by atoms with Crippen molar-refractivity contribution in [3.63, 3.8) is 0 Å².